The van der Waals surface area contributed by atoms with Gasteiger partial charge in [0.2, 0.25) is 11.8 Å². The van der Waals surface area contributed by atoms with Gasteiger partial charge in [-0.3, -0.25) is 19.2 Å². The van der Waals surface area contributed by atoms with E-state index in [4.69, 9.17) is 5.73 Å². The normalized spacial score (nSPS) is 13.3. The summed E-state index contributed by atoms with van der Waals surface area (Å²) in [6.45, 7) is 8.37. The van der Waals surface area contributed by atoms with Crippen molar-refractivity contribution < 1.29 is 29.4 Å². The van der Waals surface area contributed by atoms with Crippen LogP contribution in [0.3, 0.4) is 0 Å². The fraction of sp³-hybridized carbons (Fsp3) is 0.467. The number of benzene rings is 2. The molecule has 2 aromatic carbocycles. The number of aliphatic hydroxyl groups is 2. The molecule has 0 saturated carbocycles. The molecule has 2 aromatic rings. The molecule has 10 nitrogen and oxygen atoms in total. The molecule has 4 amide bonds. The number of rotatable bonds is 15. The molecule has 0 heterocycles. The summed E-state index contributed by atoms with van der Waals surface area (Å²) in [6, 6.07) is 13.3. The smallest absolute Gasteiger partial charge is 0.253 e. The Balaban J connectivity index is 2.13. The summed E-state index contributed by atoms with van der Waals surface area (Å²) in [6.07, 6.45) is -1.42. The lowest BCUT2D eigenvalue weighted by atomic mass is 9.86. The molecule has 0 saturated heterocycles. The molecule has 0 aliphatic carbocycles. The van der Waals surface area contributed by atoms with Gasteiger partial charge in [-0.15, -0.1) is 0 Å². The number of carbonyl (C=O) groups is 4. The van der Waals surface area contributed by atoms with Crippen molar-refractivity contribution in [1.29, 1.82) is 0 Å². The molecule has 0 aromatic heterocycles. The second-order valence-electron chi connectivity index (χ2n) is 10.2. The van der Waals surface area contributed by atoms with E-state index in [1.165, 1.54) is 18.2 Å². The highest BCUT2D eigenvalue weighted by Crippen LogP contribution is 2.19. The minimum atomic E-state index is -1.46. The van der Waals surface area contributed by atoms with Crippen LogP contribution in [0.25, 0.3) is 0 Å². The minimum absolute atomic E-state index is 0.000473. The number of nitrogens with one attached hydrogen (secondary N) is 2. The standard InChI is InChI=1S/C30H42N4O6/c1-5-12-34(13-6-2)30(40)23-15-21(27(31)37)14-22(16-23)28(38)33-18-24(35)26(36)25(19(3)4)29(39)32-17-20-10-8-7-9-11-20/h7-11,14-16,19,24-26,35-36H,5-6,12-13,17-18H2,1-4H3,(H2,31,37)(H,32,39)(H,33,38). The minimum Gasteiger partial charge on any atom is -0.390 e. The second-order valence-corrected chi connectivity index (χ2v) is 10.2. The monoisotopic (exact) mass is 554 g/mol. The van der Waals surface area contributed by atoms with Gasteiger partial charge in [0.1, 0.15) is 0 Å². The Labute approximate surface area is 235 Å². The summed E-state index contributed by atoms with van der Waals surface area (Å²) < 4.78 is 0. The Hall–Kier alpha value is -3.76. The van der Waals surface area contributed by atoms with Gasteiger partial charge in [-0.05, 0) is 42.5 Å². The van der Waals surface area contributed by atoms with Crippen LogP contribution in [0.2, 0.25) is 0 Å². The van der Waals surface area contributed by atoms with Crippen molar-refractivity contribution in [3.05, 3.63) is 70.8 Å². The van der Waals surface area contributed by atoms with Gasteiger partial charge in [0, 0.05) is 42.9 Å². The molecule has 0 fully saturated rings. The summed E-state index contributed by atoms with van der Waals surface area (Å²) in [4.78, 5) is 52.5. The maximum Gasteiger partial charge on any atom is 0.253 e. The van der Waals surface area contributed by atoms with Crippen molar-refractivity contribution in [3.63, 3.8) is 0 Å². The van der Waals surface area contributed by atoms with Crippen LogP contribution >= 0.6 is 0 Å². The largest absolute Gasteiger partial charge is 0.390 e. The molecule has 218 valence electrons. The Bertz CT molecular complexity index is 1150. The zero-order chi connectivity index (χ0) is 29.8. The van der Waals surface area contributed by atoms with Crippen LogP contribution in [-0.4, -0.2) is 70.6 Å². The highest BCUT2D eigenvalue weighted by atomic mass is 16.3. The Morgan fingerprint density at radius 3 is 2.00 bits per heavy atom. The van der Waals surface area contributed by atoms with E-state index in [-0.39, 0.29) is 41.6 Å². The van der Waals surface area contributed by atoms with E-state index in [1.54, 1.807) is 18.7 Å². The van der Waals surface area contributed by atoms with E-state index in [2.05, 4.69) is 10.6 Å². The third-order valence-corrected chi connectivity index (χ3v) is 6.57. The molecule has 2 rings (SSSR count). The number of aliphatic hydroxyl groups excluding tert-OH is 2. The summed E-state index contributed by atoms with van der Waals surface area (Å²) in [5.74, 6) is -3.43. The molecule has 0 aliphatic rings. The molecule has 10 heteroatoms. The fourth-order valence-corrected chi connectivity index (χ4v) is 4.48. The first kappa shape index (κ1) is 32.5. The van der Waals surface area contributed by atoms with E-state index in [0.717, 1.165) is 18.4 Å². The second kappa shape index (κ2) is 15.7. The van der Waals surface area contributed by atoms with Crippen LogP contribution in [0.5, 0.6) is 0 Å². The molecule has 3 unspecified atom stereocenters. The van der Waals surface area contributed by atoms with Gasteiger partial charge in [-0.2, -0.15) is 0 Å². The number of nitrogens with zero attached hydrogens (tertiary/aromatic N) is 1. The van der Waals surface area contributed by atoms with Gasteiger partial charge in [0.15, 0.2) is 0 Å². The van der Waals surface area contributed by atoms with Gasteiger partial charge >= 0.3 is 0 Å². The summed E-state index contributed by atoms with van der Waals surface area (Å²) in [5.41, 5.74) is 6.51. The number of primary amides is 1. The van der Waals surface area contributed by atoms with Crippen molar-refractivity contribution >= 4 is 23.6 Å². The molecule has 6 N–H and O–H groups in total. The van der Waals surface area contributed by atoms with Crippen molar-refractivity contribution in [3.8, 4) is 0 Å². The van der Waals surface area contributed by atoms with E-state index in [1.807, 2.05) is 44.2 Å². The number of hydrogen-bond acceptors (Lipinski definition) is 6. The lowest BCUT2D eigenvalue weighted by molar-refractivity contribution is -0.134. The molecule has 0 spiro atoms. The molecular weight excluding hydrogens is 512 g/mol. The van der Waals surface area contributed by atoms with Crippen molar-refractivity contribution in [1.82, 2.24) is 15.5 Å². The predicted molar refractivity (Wildman–Crippen MR) is 152 cm³/mol. The van der Waals surface area contributed by atoms with Gasteiger partial charge in [0.25, 0.3) is 11.8 Å². The molecule has 0 bridgehead atoms. The third kappa shape index (κ3) is 9.17. The van der Waals surface area contributed by atoms with Crippen LogP contribution in [0, 0.1) is 11.8 Å². The van der Waals surface area contributed by atoms with Gasteiger partial charge in [0.05, 0.1) is 18.1 Å². The molecule has 40 heavy (non-hydrogen) atoms. The van der Waals surface area contributed by atoms with Crippen LogP contribution in [0.1, 0.15) is 77.2 Å². The number of nitrogens with two attached hydrogens (primary N) is 1. The van der Waals surface area contributed by atoms with Gasteiger partial charge in [-0.25, -0.2) is 0 Å². The summed E-state index contributed by atoms with van der Waals surface area (Å²) in [7, 11) is 0. The van der Waals surface area contributed by atoms with E-state index in [9.17, 15) is 29.4 Å². The van der Waals surface area contributed by atoms with Crippen LogP contribution in [0.15, 0.2) is 48.5 Å². The highest BCUT2D eigenvalue weighted by Gasteiger charge is 2.34. The lowest BCUT2D eigenvalue weighted by Gasteiger charge is -2.29. The average Bonchev–Trinajstić information content (AvgIpc) is 2.94. The maximum absolute atomic E-state index is 13.1. The summed E-state index contributed by atoms with van der Waals surface area (Å²) >= 11 is 0. The Morgan fingerprint density at radius 2 is 1.45 bits per heavy atom. The Kier molecular flexibility index (Phi) is 12.8. The zero-order valence-corrected chi connectivity index (χ0v) is 23.7. The predicted octanol–water partition coefficient (Wildman–Crippen LogP) is 2.09. The van der Waals surface area contributed by atoms with Gasteiger partial charge < -0.3 is 31.5 Å². The van der Waals surface area contributed by atoms with E-state index >= 15 is 0 Å². The van der Waals surface area contributed by atoms with Crippen molar-refractivity contribution in [2.45, 2.75) is 59.3 Å². The van der Waals surface area contributed by atoms with Gasteiger partial charge in [-0.1, -0.05) is 58.0 Å². The average molecular weight is 555 g/mol. The SMILES string of the molecule is CCCN(CCC)C(=O)c1cc(C(N)=O)cc(C(=O)NCC(O)C(O)C(C(=O)NCc2ccccc2)C(C)C)c1. The number of amides is 4. The number of hydrogen-bond donors (Lipinski definition) is 5. The number of carbonyl (C=O) groups excluding carboxylic acids is 4. The van der Waals surface area contributed by atoms with Crippen LogP contribution < -0.4 is 16.4 Å². The van der Waals surface area contributed by atoms with E-state index in [0.29, 0.717) is 13.1 Å². The quantitative estimate of drug-likeness (QED) is 0.226. The molecular formula is C30H42N4O6. The molecule has 0 aliphatic heterocycles. The van der Waals surface area contributed by atoms with E-state index < -0.39 is 35.8 Å². The first-order chi connectivity index (χ1) is 19.0. The molecule has 3 atom stereocenters. The topological polar surface area (TPSA) is 162 Å². The highest BCUT2D eigenvalue weighted by molar-refractivity contribution is 6.04. The third-order valence-electron chi connectivity index (χ3n) is 6.57. The first-order valence-electron chi connectivity index (χ1n) is 13.7. The van der Waals surface area contributed by atoms with Crippen LogP contribution in [-0.2, 0) is 11.3 Å². The molecule has 0 radical (unpaired) electrons. The van der Waals surface area contributed by atoms with Crippen molar-refractivity contribution in [2.24, 2.45) is 17.6 Å². The lowest BCUT2D eigenvalue weighted by Crippen LogP contribution is -2.49. The Morgan fingerprint density at radius 1 is 0.875 bits per heavy atom. The zero-order valence-electron chi connectivity index (χ0n) is 23.7. The first-order valence-corrected chi connectivity index (χ1v) is 13.7. The summed E-state index contributed by atoms with van der Waals surface area (Å²) in [5, 5.41) is 26.8. The maximum atomic E-state index is 13.1. The fourth-order valence-electron chi connectivity index (χ4n) is 4.48. The van der Waals surface area contributed by atoms with Crippen molar-refractivity contribution in [2.75, 3.05) is 19.6 Å². The van der Waals surface area contributed by atoms with Crippen LogP contribution in [0.4, 0.5) is 0 Å².